The summed E-state index contributed by atoms with van der Waals surface area (Å²) in [6, 6.07) is 11.0. The molecule has 0 aliphatic rings. The van der Waals surface area contributed by atoms with Gasteiger partial charge in [-0.05, 0) is 59.1 Å². The summed E-state index contributed by atoms with van der Waals surface area (Å²) < 4.78 is 11.6. The zero-order chi connectivity index (χ0) is 17.5. The van der Waals surface area contributed by atoms with Crippen LogP contribution in [0.1, 0.15) is 28.4 Å². The highest BCUT2D eigenvalue weighted by Gasteiger charge is 2.11. The number of rotatable bonds is 6. The van der Waals surface area contributed by atoms with Crippen LogP contribution in [0.15, 0.2) is 46.0 Å². The summed E-state index contributed by atoms with van der Waals surface area (Å²) in [7, 11) is 1.57. The quantitative estimate of drug-likeness (QED) is 0.600. The third kappa shape index (κ3) is 4.35. The number of benzene rings is 2. The molecule has 1 N–H and O–H groups in total. The molecule has 126 valence electrons. The van der Waals surface area contributed by atoms with E-state index in [1.165, 1.54) is 0 Å². The fraction of sp³-hybridized carbons (Fsp3) is 0.222. The topological polar surface area (TPSA) is 59.9 Å². The highest BCUT2D eigenvalue weighted by molar-refractivity contribution is 9.10. The van der Waals surface area contributed by atoms with E-state index in [0.717, 1.165) is 15.6 Å². The van der Waals surface area contributed by atoms with Gasteiger partial charge in [-0.25, -0.2) is 5.43 Å². The van der Waals surface area contributed by atoms with Crippen LogP contribution in [-0.2, 0) is 0 Å². The van der Waals surface area contributed by atoms with Crippen LogP contribution in [0.2, 0.25) is 0 Å². The number of aryl methyl sites for hydroxylation is 1. The van der Waals surface area contributed by atoms with Gasteiger partial charge in [-0.2, -0.15) is 5.10 Å². The predicted octanol–water partition coefficient (Wildman–Crippen LogP) is 3.93. The summed E-state index contributed by atoms with van der Waals surface area (Å²) >= 11 is 3.45. The minimum Gasteiger partial charge on any atom is -0.493 e. The summed E-state index contributed by atoms with van der Waals surface area (Å²) in [4.78, 5) is 12.1. The molecule has 0 unspecified atom stereocenters. The molecule has 0 aliphatic carbocycles. The smallest absolute Gasteiger partial charge is 0.271 e. The van der Waals surface area contributed by atoms with E-state index in [4.69, 9.17) is 9.47 Å². The van der Waals surface area contributed by atoms with Crippen molar-refractivity contribution in [1.29, 1.82) is 0 Å². The molecule has 0 saturated heterocycles. The largest absolute Gasteiger partial charge is 0.493 e. The molecule has 0 aromatic heterocycles. The molecule has 0 atom stereocenters. The van der Waals surface area contributed by atoms with E-state index in [-0.39, 0.29) is 5.91 Å². The Hall–Kier alpha value is -2.34. The average Bonchev–Trinajstić information content (AvgIpc) is 2.57. The summed E-state index contributed by atoms with van der Waals surface area (Å²) in [6.07, 6.45) is 1.55. The molecule has 0 radical (unpaired) electrons. The van der Waals surface area contributed by atoms with Crippen molar-refractivity contribution in [3.63, 3.8) is 0 Å². The van der Waals surface area contributed by atoms with Crippen molar-refractivity contribution in [2.75, 3.05) is 13.7 Å². The van der Waals surface area contributed by atoms with Crippen LogP contribution in [0, 0.1) is 6.92 Å². The molecule has 0 bridgehead atoms. The second-order valence-corrected chi connectivity index (χ2v) is 5.84. The van der Waals surface area contributed by atoms with Crippen LogP contribution in [0.4, 0.5) is 0 Å². The van der Waals surface area contributed by atoms with Crippen LogP contribution in [0.5, 0.6) is 11.5 Å². The molecular weight excluding hydrogens is 372 g/mol. The maximum Gasteiger partial charge on any atom is 0.271 e. The zero-order valence-corrected chi connectivity index (χ0v) is 15.4. The Labute approximate surface area is 149 Å². The minimum absolute atomic E-state index is 0.249. The number of carbonyl (C=O) groups is 1. The second kappa shape index (κ2) is 8.49. The van der Waals surface area contributed by atoms with Gasteiger partial charge in [0, 0.05) is 5.56 Å². The molecule has 0 saturated carbocycles. The molecular formula is C18H19BrN2O3. The number of methoxy groups -OCH3 is 1. The summed E-state index contributed by atoms with van der Waals surface area (Å²) in [5.74, 6) is 0.986. The number of hydrogen-bond donors (Lipinski definition) is 1. The van der Waals surface area contributed by atoms with Gasteiger partial charge in [0.2, 0.25) is 0 Å². The number of hydrogen-bond acceptors (Lipinski definition) is 4. The lowest BCUT2D eigenvalue weighted by Gasteiger charge is -2.12. The number of ether oxygens (including phenoxy) is 2. The molecule has 1 amide bonds. The van der Waals surface area contributed by atoms with Gasteiger partial charge in [-0.3, -0.25) is 4.79 Å². The average molecular weight is 391 g/mol. The van der Waals surface area contributed by atoms with E-state index in [1.54, 1.807) is 25.5 Å². The van der Waals surface area contributed by atoms with Gasteiger partial charge in [-0.15, -0.1) is 0 Å². The molecule has 0 fully saturated rings. The lowest BCUT2D eigenvalue weighted by atomic mass is 10.1. The van der Waals surface area contributed by atoms with E-state index in [2.05, 4.69) is 26.5 Å². The number of nitrogens with zero attached hydrogens (tertiary/aromatic N) is 1. The fourth-order valence-electron chi connectivity index (χ4n) is 2.15. The molecule has 0 spiro atoms. The zero-order valence-electron chi connectivity index (χ0n) is 13.8. The Balaban J connectivity index is 2.13. The monoisotopic (exact) mass is 390 g/mol. The number of carbonyl (C=O) groups excluding carboxylic acids is 1. The van der Waals surface area contributed by atoms with Gasteiger partial charge in [0.05, 0.1) is 24.4 Å². The highest BCUT2D eigenvalue weighted by atomic mass is 79.9. The van der Waals surface area contributed by atoms with Crippen LogP contribution in [0.25, 0.3) is 0 Å². The first-order valence-electron chi connectivity index (χ1n) is 7.46. The van der Waals surface area contributed by atoms with Gasteiger partial charge >= 0.3 is 0 Å². The van der Waals surface area contributed by atoms with E-state index in [0.29, 0.717) is 23.7 Å². The normalized spacial score (nSPS) is 10.7. The number of hydrazone groups is 1. The number of nitrogens with one attached hydrogen (secondary N) is 1. The fourth-order valence-corrected chi connectivity index (χ4v) is 2.73. The van der Waals surface area contributed by atoms with Crippen LogP contribution >= 0.6 is 15.9 Å². The molecule has 5 nitrogen and oxygen atoms in total. The summed E-state index contributed by atoms with van der Waals surface area (Å²) in [5, 5.41) is 4.01. The lowest BCUT2D eigenvalue weighted by molar-refractivity contribution is 0.0954. The van der Waals surface area contributed by atoms with Crippen LogP contribution in [-0.4, -0.2) is 25.8 Å². The minimum atomic E-state index is -0.249. The van der Waals surface area contributed by atoms with Crippen molar-refractivity contribution in [1.82, 2.24) is 5.43 Å². The van der Waals surface area contributed by atoms with Crippen molar-refractivity contribution in [2.45, 2.75) is 13.8 Å². The Morgan fingerprint density at radius 2 is 2.08 bits per heavy atom. The van der Waals surface area contributed by atoms with Gasteiger partial charge in [0.15, 0.2) is 11.5 Å². The van der Waals surface area contributed by atoms with E-state index in [1.807, 2.05) is 38.1 Å². The molecule has 0 aliphatic heterocycles. The first kappa shape index (κ1) is 18.0. The third-order valence-corrected chi connectivity index (χ3v) is 3.90. The Kier molecular flexibility index (Phi) is 6.37. The van der Waals surface area contributed by atoms with Gasteiger partial charge in [-0.1, -0.05) is 18.2 Å². The Morgan fingerprint density at radius 3 is 2.75 bits per heavy atom. The molecule has 24 heavy (non-hydrogen) atoms. The molecule has 2 rings (SSSR count). The van der Waals surface area contributed by atoms with E-state index < -0.39 is 0 Å². The SMILES string of the molecule is CCOc1c(Br)cc(/C=N/NC(=O)c2ccccc2C)cc1OC. The third-order valence-electron chi connectivity index (χ3n) is 3.31. The highest BCUT2D eigenvalue weighted by Crippen LogP contribution is 2.36. The van der Waals surface area contributed by atoms with Crippen LogP contribution < -0.4 is 14.9 Å². The summed E-state index contributed by atoms with van der Waals surface area (Å²) in [5.41, 5.74) is 4.79. The van der Waals surface area contributed by atoms with Gasteiger partial charge in [0.1, 0.15) is 0 Å². The molecule has 0 heterocycles. The lowest BCUT2D eigenvalue weighted by Crippen LogP contribution is -2.18. The van der Waals surface area contributed by atoms with Crippen molar-refractivity contribution in [3.8, 4) is 11.5 Å². The molecule has 2 aromatic carbocycles. The van der Waals surface area contributed by atoms with Gasteiger partial charge in [0.25, 0.3) is 5.91 Å². The van der Waals surface area contributed by atoms with E-state index >= 15 is 0 Å². The maximum absolute atomic E-state index is 12.1. The first-order chi connectivity index (χ1) is 11.6. The predicted molar refractivity (Wildman–Crippen MR) is 98.1 cm³/mol. The standard InChI is InChI=1S/C18H19BrN2O3/c1-4-24-17-15(19)9-13(10-16(17)23-3)11-20-21-18(22)14-8-6-5-7-12(14)2/h5-11H,4H2,1-3H3,(H,21,22)/b20-11+. The first-order valence-corrected chi connectivity index (χ1v) is 8.25. The van der Waals surface area contributed by atoms with Crippen molar-refractivity contribution in [2.24, 2.45) is 5.10 Å². The Bertz CT molecular complexity index is 760. The second-order valence-electron chi connectivity index (χ2n) is 4.98. The van der Waals surface area contributed by atoms with Crippen molar-refractivity contribution >= 4 is 28.1 Å². The van der Waals surface area contributed by atoms with Crippen molar-refractivity contribution in [3.05, 3.63) is 57.6 Å². The maximum atomic E-state index is 12.1. The van der Waals surface area contributed by atoms with Gasteiger partial charge < -0.3 is 9.47 Å². The molecule has 6 heteroatoms. The summed E-state index contributed by atoms with van der Waals surface area (Å²) in [6.45, 7) is 4.32. The number of halogens is 1. The van der Waals surface area contributed by atoms with Crippen molar-refractivity contribution < 1.29 is 14.3 Å². The number of amides is 1. The molecule has 2 aromatic rings. The van der Waals surface area contributed by atoms with Crippen LogP contribution in [0.3, 0.4) is 0 Å². The van der Waals surface area contributed by atoms with E-state index in [9.17, 15) is 4.79 Å². The Morgan fingerprint density at radius 1 is 1.33 bits per heavy atom.